The van der Waals surface area contributed by atoms with Crippen LogP contribution in [-0.4, -0.2) is 21.6 Å². The molecule has 0 amide bonds. The zero-order chi connectivity index (χ0) is 36.9. The third kappa shape index (κ3) is 5.71. The summed E-state index contributed by atoms with van der Waals surface area (Å²) in [4.78, 5) is 15.0. The molecule has 0 N–H and O–H groups in total. The predicted octanol–water partition coefficient (Wildman–Crippen LogP) is 12.0. The molecule has 0 radical (unpaired) electrons. The van der Waals surface area contributed by atoms with Crippen molar-refractivity contribution in [2.75, 3.05) is 6.66 Å². The van der Waals surface area contributed by atoms with E-state index in [0.29, 0.717) is 17.5 Å². The molecule has 0 bridgehead atoms. The SMILES string of the molecule is CP1(=O)c2ccccc2-c2cccc(-c3ccc(-c4ccc(-c5nc(-c6ccccc6)nc(-c6cccc(-c7ccccc7)c6)n5)cc4)c4ccccc34)c21. The molecule has 10 rings (SSSR count). The highest BCUT2D eigenvalue weighted by molar-refractivity contribution is 7.79. The van der Waals surface area contributed by atoms with E-state index in [1.807, 2.05) is 61.3 Å². The summed E-state index contributed by atoms with van der Waals surface area (Å²) in [6.07, 6.45) is 0. The van der Waals surface area contributed by atoms with Crippen LogP contribution in [-0.2, 0) is 4.57 Å². The van der Waals surface area contributed by atoms with Gasteiger partial charge in [0.05, 0.1) is 0 Å². The zero-order valence-electron chi connectivity index (χ0n) is 30.1. The van der Waals surface area contributed by atoms with Crippen LogP contribution in [0.1, 0.15) is 0 Å². The summed E-state index contributed by atoms with van der Waals surface area (Å²) in [7, 11) is -2.79. The Morgan fingerprint density at radius 1 is 0.345 bits per heavy atom. The van der Waals surface area contributed by atoms with Crippen LogP contribution >= 0.6 is 7.14 Å². The first-order valence-corrected chi connectivity index (χ1v) is 20.6. The van der Waals surface area contributed by atoms with Gasteiger partial charge in [-0.2, -0.15) is 0 Å². The Bertz CT molecular complexity index is 2960. The Hall–Kier alpha value is -6.74. The van der Waals surface area contributed by atoms with Gasteiger partial charge in [-0.05, 0) is 68.0 Å². The van der Waals surface area contributed by atoms with Crippen LogP contribution in [0.25, 0.3) is 89.4 Å². The molecule has 0 spiro atoms. The average molecular weight is 724 g/mol. The van der Waals surface area contributed by atoms with Gasteiger partial charge in [0.1, 0.15) is 7.14 Å². The molecule has 1 atom stereocenters. The van der Waals surface area contributed by atoms with Gasteiger partial charge in [0.15, 0.2) is 17.5 Å². The van der Waals surface area contributed by atoms with Crippen LogP contribution in [0.15, 0.2) is 188 Å². The van der Waals surface area contributed by atoms with Crippen molar-refractivity contribution in [3.05, 3.63) is 188 Å². The largest absolute Gasteiger partial charge is 0.314 e. The second-order valence-electron chi connectivity index (χ2n) is 14.0. The van der Waals surface area contributed by atoms with Gasteiger partial charge in [-0.15, -0.1) is 0 Å². The Morgan fingerprint density at radius 2 is 0.800 bits per heavy atom. The minimum atomic E-state index is -2.79. The number of fused-ring (bicyclic) bond motifs is 4. The maximum Gasteiger partial charge on any atom is 0.164 e. The van der Waals surface area contributed by atoms with E-state index in [1.165, 1.54) is 0 Å². The van der Waals surface area contributed by atoms with E-state index >= 15 is 0 Å². The first-order chi connectivity index (χ1) is 27.0. The zero-order valence-corrected chi connectivity index (χ0v) is 31.0. The first kappa shape index (κ1) is 32.9. The number of benzene rings is 8. The summed E-state index contributed by atoms with van der Waals surface area (Å²) < 4.78 is 14.5. The van der Waals surface area contributed by atoms with Crippen LogP contribution in [0.2, 0.25) is 0 Å². The highest BCUT2D eigenvalue weighted by Gasteiger charge is 2.37. The van der Waals surface area contributed by atoms with Crippen LogP contribution < -0.4 is 10.6 Å². The van der Waals surface area contributed by atoms with Crippen molar-refractivity contribution < 1.29 is 4.57 Å². The lowest BCUT2D eigenvalue weighted by molar-refractivity contribution is 0.591. The molecule has 2 heterocycles. The average Bonchev–Trinajstić information content (AvgIpc) is 3.50. The second-order valence-corrected chi connectivity index (χ2v) is 16.8. The van der Waals surface area contributed by atoms with Crippen molar-refractivity contribution in [1.29, 1.82) is 0 Å². The maximum atomic E-state index is 14.5. The summed E-state index contributed by atoms with van der Waals surface area (Å²) in [5, 5.41) is 4.16. The molecule has 1 unspecified atom stereocenters. The molecular weight excluding hydrogens is 690 g/mol. The summed E-state index contributed by atoms with van der Waals surface area (Å²) in [6, 6.07) is 64.7. The van der Waals surface area contributed by atoms with E-state index in [-0.39, 0.29) is 0 Å². The lowest BCUT2D eigenvalue weighted by Crippen LogP contribution is -2.11. The van der Waals surface area contributed by atoms with Crippen molar-refractivity contribution in [2.24, 2.45) is 0 Å². The molecule has 0 saturated carbocycles. The van der Waals surface area contributed by atoms with E-state index in [1.54, 1.807) is 0 Å². The Labute approximate surface area is 320 Å². The Kier molecular flexibility index (Phi) is 7.94. The normalized spacial score (nSPS) is 14.4. The fourth-order valence-corrected chi connectivity index (χ4v) is 10.6. The highest BCUT2D eigenvalue weighted by atomic mass is 31.2. The molecule has 55 heavy (non-hydrogen) atoms. The van der Waals surface area contributed by atoms with Gasteiger partial charge in [-0.1, -0.05) is 182 Å². The molecule has 1 aliphatic rings. The van der Waals surface area contributed by atoms with Gasteiger partial charge in [0.25, 0.3) is 0 Å². The molecule has 4 nitrogen and oxygen atoms in total. The van der Waals surface area contributed by atoms with Gasteiger partial charge in [-0.25, -0.2) is 15.0 Å². The molecule has 1 aromatic heterocycles. The molecule has 8 aromatic carbocycles. The van der Waals surface area contributed by atoms with E-state index in [9.17, 15) is 4.57 Å². The van der Waals surface area contributed by atoms with Gasteiger partial charge in [0.2, 0.25) is 0 Å². The second kappa shape index (κ2) is 13.3. The number of rotatable bonds is 6. The van der Waals surface area contributed by atoms with Crippen molar-refractivity contribution in [1.82, 2.24) is 15.0 Å². The fraction of sp³-hybridized carbons (Fsp3) is 0.0200. The van der Waals surface area contributed by atoms with E-state index in [0.717, 1.165) is 82.6 Å². The first-order valence-electron chi connectivity index (χ1n) is 18.4. The minimum Gasteiger partial charge on any atom is -0.314 e. The third-order valence-corrected chi connectivity index (χ3v) is 13.3. The molecule has 1 aliphatic heterocycles. The van der Waals surface area contributed by atoms with Crippen LogP contribution in [0.3, 0.4) is 0 Å². The highest BCUT2D eigenvalue weighted by Crippen LogP contribution is 2.53. The lowest BCUT2D eigenvalue weighted by Gasteiger charge is -2.17. The molecule has 260 valence electrons. The predicted molar refractivity (Wildman–Crippen MR) is 228 cm³/mol. The molecule has 9 aromatic rings. The number of hydrogen-bond acceptors (Lipinski definition) is 4. The van der Waals surface area contributed by atoms with Crippen molar-refractivity contribution >= 4 is 28.5 Å². The molecule has 5 heteroatoms. The molecule has 0 saturated heterocycles. The molecule has 0 aliphatic carbocycles. The smallest absolute Gasteiger partial charge is 0.164 e. The number of aromatic nitrogens is 3. The van der Waals surface area contributed by atoms with Gasteiger partial charge in [-0.3, -0.25) is 0 Å². The molecule has 0 fully saturated rings. The third-order valence-electron chi connectivity index (χ3n) is 10.7. The van der Waals surface area contributed by atoms with Crippen molar-refractivity contribution in [3.8, 4) is 78.7 Å². The quantitative estimate of drug-likeness (QED) is 0.160. The summed E-state index contributed by atoms with van der Waals surface area (Å²) in [6.45, 7) is 1.92. The van der Waals surface area contributed by atoms with E-state index in [2.05, 4.69) is 133 Å². The Balaban J connectivity index is 1.05. The van der Waals surface area contributed by atoms with Crippen molar-refractivity contribution in [3.63, 3.8) is 0 Å². The molecular formula is C50H34N3OP. The topological polar surface area (TPSA) is 55.7 Å². The van der Waals surface area contributed by atoms with Crippen molar-refractivity contribution in [2.45, 2.75) is 0 Å². The van der Waals surface area contributed by atoms with Gasteiger partial charge < -0.3 is 4.57 Å². The fourth-order valence-electron chi connectivity index (χ4n) is 8.04. The number of nitrogens with zero attached hydrogens (tertiary/aromatic N) is 3. The minimum absolute atomic E-state index is 0.614. The van der Waals surface area contributed by atoms with Gasteiger partial charge in [0, 0.05) is 27.3 Å². The summed E-state index contributed by atoms with van der Waals surface area (Å²) >= 11 is 0. The number of hydrogen-bond donors (Lipinski definition) is 0. The van der Waals surface area contributed by atoms with Crippen LogP contribution in [0.5, 0.6) is 0 Å². The monoisotopic (exact) mass is 723 g/mol. The van der Waals surface area contributed by atoms with E-state index in [4.69, 9.17) is 15.0 Å². The standard InChI is InChI=1S/C50H34N3OP/c1-55(54)46-25-11-10-22-43(46)45-24-13-23-44(47(45)55)42-31-30-39(40-20-8-9-21-41(40)42)34-26-28-36(29-27-34)49-51-48(35-16-6-3-7-17-35)52-50(53-49)38-19-12-18-37(32-38)33-14-4-2-5-15-33/h2-32H,1H3. The maximum absolute atomic E-state index is 14.5. The van der Waals surface area contributed by atoms with Crippen LogP contribution in [0.4, 0.5) is 0 Å². The lowest BCUT2D eigenvalue weighted by atomic mass is 9.90. The summed E-state index contributed by atoms with van der Waals surface area (Å²) in [5.41, 5.74) is 11.5. The van der Waals surface area contributed by atoms with Gasteiger partial charge >= 0.3 is 0 Å². The summed E-state index contributed by atoms with van der Waals surface area (Å²) in [5.74, 6) is 1.87. The Morgan fingerprint density at radius 3 is 1.51 bits per heavy atom. The van der Waals surface area contributed by atoms with Crippen LogP contribution in [0, 0.1) is 0 Å². The van der Waals surface area contributed by atoms with E-state index < -0.39 is 7.14 Å².